The third-order valence-corrected chi connectivity index (χ3v) is 2.80. The van der Waals surface area contributed by atoms with E-state index in [1.165, 1.54) is 0 Å². The first-order valence-electron chi connectivity index (χ1n) is 7.16. The van der Waals surface area contributed by atoms with Gasteiger partial charge in [0.25, 0.3) is 5.91 Å². The number of nitrogen functional groups attached to an aromatic ring is 1. The molecular weight excluding hydrogens is 268 g/mol. The average molecular weight is 292 g/mol. The van der Waals surface area contributed by atoms with E-state index in [9.17, 15) is 9.59 Å². The highest BCUT2D eigenvalue weighted by Gasteiger charge is 2.24. The monoisotopic (exact) mass is 292 g/mol. The Hall–Kier alpha value is -2.04. The highest BCUT2D eigenvalue weighted by atomic mass is 16.5. The van der Waals surface area contributed by atoms with E-state index >= 15 is 0 Å². The topological polar surface area (TPSA) is 81.4 Å². The van der Waals surface area contributed by atoms with Gasteiger partial charge in [-0.25, -0.2) is 4.79 Å². The van der Waals surface area contributed by atoms with Crippen molar-refractivity contribution in [3.63, 3.8) is 0 Å². The molecule has 1 amide bonds. The molecule has 5 nitrogen and oxygen atoms in total. The maximum atomic E-state index is 12.2. The Labute approximate surface area is 125 Å². The molecule has 0 heterocycles. The molecule has 21 heavy (non-hydrogen) atoms. The van der Waals surface area contributed by atoms with Gasteiger partial charge >= 0.3 is 5.97 Å². The minimum Gasteiger partial charge on any atom is -0.461 e. The molecule has 0 fully saturated rings. The van der Waals surface area contributed by atoms with Gasteiger partial charge in [-0.2, -0.15) is 0 Å². The summed E-state index contributed by atoms with van der Waals surface area (Å²) in [6.45, 7) is 7.54. The summed E-state index contributed by atoms with van der Waals surface area (Å²) in [7, 11) is 0. The molecule has 116 valence electrons. The second-order valence-corrected chi connectivity index (χ2v) is 5.77. The number of anilines is 1. The van der Waals surface area contributed by atoms with Crippen LogP contribution in [0.5, 0.6) is 0 Å². The van der Waals surface area contributed by atoms with Gasteiger partial charge < -0.3 is 15.8 Å². The van der Waals surface area contributed by atoms with Crippen LogP contribution >= 0.6 is 0 Å². The van der Waals surface area contributed by atoms with Crippen LogP contribution in [0.2, 0.25) is 0 Å². The standard InChI is InChI=1S/C16H24N2O3/c1-10(2)8-14(16(20)21-11(3)4)18-15(19)12-6-5-7-13(17)9-12/h5-7,9-11,14H,8,17H2,1-4H3,(H,18,19)/t14-/m0/s1. The zero-order valence-corrected chi connectivity index (χ0v) is 13.1. The van der Waals surface area contributed by atoms with Crippen LogP contribution in [-0.2, 0) is 9.53 Å². The number of hydrogen-bond acceptors (Lipinski definition) is 4. The van der Waals surface area contributed by atoms with E-state index < -0.39 is 12.0 Å². The number of esters is 1. The Balaban J connectivity index is 2.80. The van der Waals surface area contributed by atoms with Crippen molar-refractivity contribution in [1.82, 2.24) is 5.32 Å². The number of benzene rings is 1. The molecular formula is C16H24N2O3. The van der Waals surface area contributed by atoms with Crippen molar-refractivity contribution in [3.8, 4) is 0 Å². The molecule has 0 aliphatic rings. The molecule has 1 aromatic rings. The maximum Gasteiger partial charge on any atom is 0.328 e. The Morgan fingerprint density at radius 3 is 2.43 bits per heavy atom. The molecule has 3 N–H and O–H groups in total. The smallest absolute Gasteiger partial charge is 0.328 e. The van der Waals surface area contributed by atoms with E-state index in [-0.39, 0.29) is 17.9 Å². The third-order valence-electron chi connectivity index (χ3n) is 2.80. The van der Waals surface area contributed by atoms with Crippen LogP contribution in [0.4, 0.5) is 5.69 Å². The SMILES string of the molecule is CC(C)C[C@H](NC(=O)c1cccc(N)c1)C(=O)OC(C)C. The molecule has 1 rings (SSSR count). The van der Waals surface area contributed by atoms with Gasteiger partial charge in [0.1, 0.15) is 6.04 Å². The molecule has 1 aromatic carbocycles. The fourth-order valence-corrected chi connectivity index (χ4v) is 1.92. The van der Waals surface area contributed by atoms with Crippen molar-refractivity contribution >= 4 is 17.6 Å². The second-order valence-electron chi connectivity index (χ2n) is 5.77. The highest BCUT2D eigenvalue weighted by molar-refractivity contribution is 5.97. The Kier molecular flexibility index (Phi) is 6.21. The predicted molar refractivity (Wildman–Crippen MR) is 82.8 cm³/mol. The van der Waals surface area contributed by atoms with Gasteiger partial charge in [0.2, 0.25) is 0 Å². The van der Waals surface area contributed by atoms with Gasteiger partial charge in [-0.05, 0) is 44.4 Å². The number of rotatable bonds is 6. The molecule has 0 aliphatic carbocycles. The van der Waals surface area contributed by atoms with Crippen LogP contribution in [-0.4, -0.2) is 24.0 Å². The summed E-state index contributed by atoms with van der Waals surface area (Å²) in [5.41, 5.74) is 6.60. The minimum atomic E-state index is -0.652. The summed E-state index contributed by atoms with van der Waals surface area (Å²) in [4.78, 5) is 24.3. The summed E-state index contributed by atoms with van der Waals surface area (Å²) in [5, 5.41) is 2.73. The molecule has 0 spiro atoms. The van der Waals surface area contributed by atoms with E-state index in [1.807, 2.05) is 13.8 Å². The van der Waals surface area contributed by atoms with Crippen LogP contribution in [0.1, 0.15) is 44.5 Å². The van der Waals surface area contributed by atoms with Crippen LogP contribution in [0.3, 0.4) is 0 Å². The molecule has 0 saturated carbocycles. The van der Waals surface area contributed by atoms with Crippen LogP contribution in [0.15, 0.2) is 24.3 Å². The van der Waals surface area contributed by atoms with Crippen molar-refractivity contribution in [2.24, 2.45) is 5.92 Å². The lowest BCUT2D eigenvalue weighted by Crippen LogP contribution is -2.43. The van der Waals surface area contributed by atoms with Gasteiger partial charge in [0.15, 0.2) is 0 Å². The van der Waals surface area contributed by atoms with Crippen molar-refractivity contribution in [1.29, 1.82) is 0 Å². The van der Waals surface area contributed by atoms with E-state index in [4.69, 9.17) is 10.5 Å². The number of nitrogens with two attached hydrogens (primary N) is 1. The first-order valence-corrected chi connectivity index (χ1v) is 7.16. The van der Waals surface area contributed by atoms with Crippen molar-refractivity contribution in [3.05, 3.63) is 29.8 Å². The highest BCUT2D eigenvalue weighted by Crippen LogP contribution is 2.11. The zero-order chi connectivity index (χ0) is 16.0. The molecule has 1 atom stereocenters. The molecule has 0 saturated heterocycles. The van der Waals surface area contributed by atoms with Crippen molar-refractivity contribution < 1.29 is 14.3 Å². The number of carbonyl (C=O) groups is 2. The van der Waals surface area contributed by atoms with Gasteiger partial charge in [-0.3, -0.25) is 4.79 Å². The molecule has 0 radical (unpaired) electrons. The van der Waals surface area contributed by atoms with Gasteiger partial charge in [0.05, 0.1) is 6.10 Å². The second kappa shape index (κ2) is 7.67. The summed E-state index contributed by atoms with van der Waals surface area (Å²) >= 11 is 0. The summed E-state index contributed by atoms with van der Waals surface area (Å²) in [6.07, 6.45) is 0.316. The number of nitrogens with one attached hydrogen (secondary N) is 1. The van der Waals surface area contributed by atoms with E-state index in [0.29, 0.717) is 17.7 Å². The Morgan fingerprint density at radius 2 is 1.90 bits per heavy atom. The lowest BCUT2D eigenvalue weighted by molar-refractivity contribution is -0.150. The Morgan fingerprint density at radius 1 is 1.24 bits per heavy atom. The molecule has 0 aliphatic heterocycles. The first-order chi connectivity index (χ1) is 9.79. The summed E-state index contributed by atoms with van der Waals surface area (Å²) in [5.74, 6) is -0.472. The first kappa shape index (κ1) is 17.0. The minimum absolute atomic E-state index is 0.212. The van der Waals surface area contributed by atoms with E-state index in [1.54, 1.807) is 38.1 Å². The fourth-order valence-electron chi connectivity index (χ4n) is 1.92. The zero-order valence-electron chi connectivity index (χ0n) is 13.1. The lowest BCUT2D eigenvalue weighted by Gasteiger charge is -2.20. The lowest BCUT2D eigenvalue weighted by atomic mass is 10.0. The Bertz CT molecular complexity index is 498. The van der Waals surface area contributed by atoms with Crippen molar-refractivity contribution in [2.45, 2.75) is 46.3 Å². The number of hydrogen-bond donors (Lipinski definition) is 2. The summed E-state index contributed by atoms with van der Waals surface area (Å²) in [6, 6.07) is 5.99. The molecule has 0 bridgehead atoms. The van der Waals surface area contributed by atoms with Crippen LogP contribution in [0.25, 0.3) is 0 Å². The molecule has 0 aromatic heterocycles. The van der Waals surface area contributed by atoms with Crippen molar-refractivity contribution in [2.75, 3.05) is 5.73 Å². The van der Waals surface area contributed by atoms with Gasteiger partial charge in [0, 0.05) is 11.3 Å². The summed E-state index contributed by atoms with van der Waals surface area (Å²) < 4.78 is 5.20. The number of ether oxygens (including phenoxy) is 1. The largest absolute Gasteiger partial charge is 0.461 e. The number of carbonyl (C=O) groups excluding carboxylic acids is 2. The molecule has 0 unspecified atom stereocenters. The van der Waals surface area contributed by atoms with E-state index in [2.05, 4.69) is 5.32 Å². The van der Waals surface area contributed by atoms with E-state index in [0.717, 1.165) is 0 Å². The number of amides is 1. The maximum absolute atomic E-state index is 12.2. The fraction of sp³-hybridized carbons (Fsp3) is 0.500. The third kappa shape index (κ3) is 5.85. The molecule has 5 heteroatoms. The normalized spacial score (nSPS) is 12.3. The predicted octanol–water partition coefficient (Wildman–Crippen LogP) is 2.36. The van der Waals surface area contributed by atoms with Gasteiger partial charge in [-0.15, -0.1) is 0 Å². The van der Waals surface area contributed by atoms with Crippen LogP contribution < -0.4 is 11.1 Å². The average Bonchev–Trinajstić information content (AvgIpc) is 2.36. The quantitative estimate of drug-likeness (QED) is 0.623. The van der Waals surface area contributed by atoms with Crippen LogP contribution in [0, 0.1) is 5.92 Å². The van der Waals surface area contributed by atoms with Gasteiger partial charge in [-0.1, -0.05) is 19.9 Å².